The molecular weight excluding hydrogens is 400 g/mol. The summed E-state index contributed by atoms with van der Waals surface area (Å²) >= 11 is 0.851. The lowest BCUT2D eigenvalue weighted by molar-refractivity contribution is -0.384. The number of carbonyl (C=O) groups excluding carboxylic acids is 2. The molecule has 10 heteroatoms. The Labute approximate surface area is 170 Å². The summed E-state index contributed by atoms with van der Waals surface area (Å²) in [6, 6.07) is 7.50. The fourth-order valence-electron chi connectivity index (χ4n) is 2.76. The van der Waals surface area contributed by atoms with E-state index in [1.54, 1.807) is 19.2 Å². The van der Waals surface area contributed by atoms with Crippen molar-refractivity contribution in [1.29, 1.82) is 0 Å². The van der Waals surface area contributed by atoms with Crippen LogP contribution in [0.4, 0.5) is 10.5 Å². The number of nitro groups is 1. The first-order valence-electron chi connectivity index (χ1n) is 8.61. The van der Waals surface area contributed by atoms with Gasteiger partial charge in [0.15, 0.2) is 0 Å². The number of thioether (sulfide) groups is 1. The molecule has 0 bridgehead atoms. The van der Waals surface area contributed by atoms with Crippen LogP contribution in [0.25, 0.3) is 17.4 Å². The number of benzene rings is 1. The van der Waals surface area contributed by atoms with Crippen LogP contribution >= 0.6 is 11.8 Å². The van der Waals surface area contributed by atoms with Gasteiger partial charge in [-0.15, -0.1) is 0 Å². The average Bonchev–Trinajstić information content (AvgIpc) is 3.27. The standard InChI is InChI=1S/C19H18N2O7S/c1-26-9-3-8-20-18(22)17(29-19(20)23)11-13-5-7-15(28-13)14-6-4-12(21(24)25)10-16(14)27-2/h4-7,10-11H,3,8-9H2,1-2H3/b17-11+. The number of nitrogens with zero attached hydrogens (tertiary/aromatic N) is 2. The maximum Gasteiger partial charge on any atom is 0.293 e. The minimum atomic E-state index is -0.511. The molecule has 1 aromatic carbocycles. The van der Waals surface area contributed by atoms with Gasteiger partial charge in [-0.05, 0) is 36.4 Å². The molecule has 0 saturated carbocycles. The first-order chi connectivity index (χ1) is 13.9. The SMILES string of the molecule is COCCCN1C(=O)S/C(=C/c2ccc(-c3ccc([N+](=O)[O-])cc3OC)o2)C1=O. The Kier molecular flexibility index (Phi) is 6.35. The molecule has 1 aliphatic heterocycles. The van der Waals surface area contributed by atoms with Crippen molar-refractivity contribution in [2.75, 3.05) is 27.4 Å². The van der Waals surface area contributed by atoms with Crippen LogP contribution in [0.2, 0.25) is 0 Å². The van der Waals surface area contributed by atoms with E-state index >= 15 is 0 Å². The van der Waals surface area contributed by atoms with Crippen molar-refractivity contribution in [3.63, 3.8) is 0 Å². The Morgan fingerprint density at radius 1 is 1.24 bits per heavy atom. The van der Waals surface area contributed by atoms with Crippen LogP contribution in [0.3, 0.4) is 0 Å². The number of rotatable bonds is 8. The van der Waals surface area contributed by atoms with E-state index in [0.717, 1.165) is 11.8 Å². The smallest absolute Gasteiger partial charge is 0.293 e. The molecule has 9 nitrogen and oxygen atoms in total. The Hall–Kier alpha value is -3.11. The van der Waals surface area contributed by atoms with Crippen LogP contribution in [-0.4, -0.2) is 48.3 Å². The van der Waals surface area contributed by atoms with Gasteiger partial charge >= 0.3 is 0 Å². The minimum Gasteiger partial charge on any atom is -0.496 e. The largest absolute Gasteiger partial charge is 0.496 e. The molecule has 2 aromatic rings. The van der Waals surface area contributed by atoms with Crippen LogP contribution in [-0.2, 0) is 9.53 Å². The summed E-state index contributed by atoms with van der Waals surface area (Å²) in [4.78, 5) is 36.4. The van der Waals surface area contributed by atoms with Gasteiger partial charge in [-0.25, -0.2) is 0 Å². The Balaban J connectivity index is 1.81. The summed E-state index contributed by atoms with van der Waals surface area (Å²) < 4.78 is 15.9. The molecular formula is C19H18N2O7S. The highest BCUT2D eigenvalue weighted by molar-refractivity contribution is 8.18. The molecule has 152 valence electrons. The fraction of sp³-hybridized carbons (Fsp3) is 0.263. The molecule has 3 rings (SSSR count). The average molecular weight is 418 g/mol. The van der Waals surface area contributed by atoms with Gasteiger partial charge in [0.25, 0.3) is 16.8 Å². The summed E-state index contributed by atoms with van der Waals surface area (Å²) in [6.07, 6.45) is 2.06. The van der Waals surface area contributed by atoms with Gasteiger partial charge in [-0.1, -0.05) is 0 Å². The zero-order chi connectivity index (χ0) is 21.0. The zero-order valence-corrected chi connectivity index (χ0v) is 16.6. The van der Waals surface area contributed by atoms with Crippen molar-refractivity contribution in [2.45, 2.75) is 6.42 Å². The van der Waals surface area contributed by atoms with E-state index in [1.165, 1.54) is 36.3 Å². The summed E-state index contributed by atoms with van der Waals surface area (Å²) in [5, 5.41) is 10.6. The van der Waals surface area contributed by atoms with E-state index in [9.17, 15) is 19.7 Å². The van der Waals surface area contributed by atoms with Crippen molar-refractivity contribution in [3.8, 4) is 17.1 Å². The van der Waals surface area contributed by atoms with E-state index in [1.807, 2.05) is 0 Å². The molecule has 2 heterocycles. The van der Waals surface area contributed by atoms with Crippen molar-refractivity contribution in [3.05, 3.63) is 51.1 Å². The summed E-state index contributed by atoms with van der Waals surface area (Å²) in [5.41, 5.74) is 0.435. The van der Waals surface area contributed by atoms with Crippen LogP contribution in [0.15, 0.2) is 39.7 Å². The maximum atomic E-state index is 12.4. The molecule has 0 N–H and O–H groups in total. The molecule has 0 aliphatic carbocycles. The molecule has 0 atom stereocenters. The topological polar surface area (TPSA) is 112 Å². The number of furan rings is 1. The monoisotopic (exact) mass is 418 g/mol. The lowest BCUT2D eigenvalue weighted by atomic mass is 10.1. The fourth-order valence-corrected chi connectivity index (χ4v) is 3.61. The Morgan fingerprint density at radius 2 is 2.03 bits per heavy atom. The molecule has 29 heavy (non-hydrogen) atoms. The van der Waals surface area contributed by atoms with Crippen LogP contribution in [0.5, 0.6) is 5.75 Å². The summed E-state index contributed by atoms with van der Waals surface area (Å²) in [6.45, 7) is 0.749. The molecule has 1 aliphatic rings. The highest BCUT2D eigenvalue weighted by Gasteiger charge is 2.34. The number of methoxy groups -OCH3 is 2. The van der Waals surface area contributed by atoms with Gasteiger partial charge < -0.3 is 13.9 Å². The second-order valence-corrected chi connectivity index (χ2v) is 7.02. The Morgan fingerprint density at radius 3 is 2.72 bits per heavy atom. The van der Waals surface area contributed by atoms with Gasteiger partial charge in [0.05, 0.1) is 28.6 Å². The number of non-ortho nitro benzene ring substituents is 1. The zero-order valence-electron chi connectivity index (χ0n) is 15.7. The predicted molar refractivity (Wildman–Crippen MR) is 107 cm³/mol. The molecule has 1 saturated heterocycles. The van der Waals surface area contributed by atoms with Crippen molar-refractivity contribution >= 4 is 34.7 Å². The van der Waals surface area contributed by atoms with Crippen LogP contribution in [0, 0.1) is 10.1 Å². The summed E-state index contributed by atoms with van der Waals surface area (Å²) in [7, 11) is 2.97. The van der Waals surface area contributed by atoms with Gasteiger partial charge in [0.2, 0.25) is 0 Å². The normalized spacial score (nSPS) is 15.4. The highest BCUT2D eigenvalue weighted by atomic mass is 32.2. The van der Waals surface area contributed by atoms with Gasteiger partial charge in [-0.2, -0.15) is 0 Å². The number of ether oxygens (including phenoxy) is 2. The first-order valence-corrected chi connectivity index (χ1v) is 9.43. The van der Waals surface area contributed by atoms with Crippen molar-refractivity contribution < 1.29 is 28.4 Å². The maximum absolute atomic E-state index is 12.4. The second-order valence-electron chi connectivity index (χ2n) is 6.02. The lowest BCUT2D eigenvalue weighted by Crippen LogP contribution is -2.29. The third-order valence-electron chi connectivity index (χ3n) is 4.17. The number of carbonyl (C=O) groups is 2. The van der Waals surface area contributed by atoms with Gasteiger partial charge in [0.1, 0.15) is 17.3 Å². The third-order valence-corrected chi connectivity index (χ3v) is 5.07. The Bertz CT molecular complexity index is 983. The van der Waals surface area contributed by atoms with Crippen molar-refractivity contribution in [2.24, 2.45) is 0 Å². The molecule has 1 aromatic heterocycles. The minimum absolute atomic E-state index is 0.0977. The van der Waals surface area contributed by atoms with Crippen LogP contribution in [0.1, 0.15) is 12.2 Å². The number of amides is 2. The van der Waals surface area contributed by atoms with E-state index in [0.29, 0.717) is 42.4 Å². The highest BCUT2D eigenvalue weighted by Crippen LogP contribution is 2.36. The number of hydrogen-bond acceptors (Lipinski definition) is 8. The molecule has 0 radical (unpaired) electrons. The van der Waals surface area contributed by atoms with Gasteiger partial charge in [0, 0.05) is 32.4 Å². The van der Waals surface area contributed by atoms with Gasteiger partial charge in [-0.3, -0.25) is 24.6 Å². The van der Waals surface area contributed by atoms with Crippen molar-refractivity contribution in [1.82, 2.24) is 4.90 Å². The quantitative estimate of drug-likeness (QED) is 0.274. The molecule has 0 spiro atoms. The lowest BCUT2D eigenvalue weighted by Gasteiger charge is -2.11. The number of nitro benzene ring substituents is 1. The van der Waals surface area contributed by atoms with E-state index < -0.39 is 4.92 Å². The van der Waals surface area contributed by atoms with Crippen LogP contribution < -0.4 is 4.74 Å². The molecule has 1 fully saturated rings. The number of imide groups is 1. The van der Waals surface area contributed by atoms with E-state index in [2.05, 4.69) is 0 Å². The predicted octanol–water partition coefficient (Wildman–Crippen LogP) is 3.94. The first kappa shape index (κ1) is 20.6. The van der Waals surface area contributed by atoms with E-state index in [4.69, 9.17) is 13.9 Å². The molecule has 0 unspecified atom stereocenters. The van der Waals surface area contributed by atoms with E-state index in [-0.39, 0.29) is 21.7 Å². The number of hydrogen-bond donors (Lipinski definition) is 0. The summed E-state index contributed by atoms with van der Waals surface area (Å²) in [5.74, 6) is 0.714. The molecule has 2 amide bonds. The third kappa shape index (κ3) is 4.49. The second kappa shape index (κ2) is 8.93.